The second kappa shape index (κ2) is 10.5. The molecule has 3 saturated carbocycles. The van der Waals surface area contributed by atoms with E-state index < -0.39 is 11.5 Å². The molecule has 2 heterocycles. The monoisotopic (exact) mass is 577 g/mol. The van der Waals surface area contributed by atoms with Gasteiger partial charge >= 0.3 is 0 Å². The van der Waals surface area contributed by atoms with Crippen LogP contribution >= 0.6 is 0 Å². The summed E-state index contributed by atoms with van der Waals surface area (Å²) in [6.45, 7) is 6.45. The molecule has 3 aliphatic carbocycles. The maximum absolute atomic E-state index is 13.5. The van der Waals surface area contributed by atoms with E-state index in [0.717, 1.165) is 77.4 Å². The van der Waals surface area contributed by atoms with Crippen molar-refractivity contribution in [1.29, 1.82) is 0 Å². The minimum atomic E-state index is -0.749. The fraction of sp³-hybridized carbons (Fsp3) is 0.472. The molecule has 0 aliphatic heterocycles. The lowest BCUT2D eigenvalue weighted by molar-refractivity contribution is -0.141. The third kappa shape index (κ3) is 5.55. The smallest absolute Gasteiger partial charge is 0.229 e. The van der Waals surface area contributed by atoms with Crippen molar-refractivity contribution in [3.05, 3.63) is 72.6 Å². The van der Waals surface area contributed by atoms with Gasteiger partial charge in [0.05, 0.1) is 41.3 Å². The zero-order valence-electron chi connectivity index (χ0n) is 25.5. The van der Waals surface area contributed by atoms with E-state index in [0.29, 0.717) is 18.3 Å². The number of imidazole rings is 2. The maximum atomic E-state index is 13.5. The summed E-state index contributed by atoms with van der Waals surface area (Å²) in [6, 6.07) is 16.9. The number of hydrogen-bond donors (Lipinski definition) is 4. The van der Waals surface area contributed by atoms with Crippen molar-refractivity contribution < 1.29 is 9.90 Å². The van der Waals surface area contributed by atoms with Crippen LogP contribution in [0.5, 0.6) is 0 Å². The molecule has 2 unspecified atom stereocenters. The molecule has 43 heavy (non-hydrogen) atoms. The van der Waals surface area contributed by atoms with Crippen LogP contribution in [0.4, 0.5) is 0 Å². The first-order chi connectivity index (χ1) is 20.6. The molecule has 7 nitrogen and oxygen atoms in total. The maximum Gasteiger partial charge on any atom is 0.229 e. The van der Waals surface area contributed by atoms with Crippen LogP contribution in [0.3, 0.4) is 0 Å². The fourth-order valence-corrected chi connectivity index (χ4v) is 6.64. The van der Waals surface area contributed by atoms with E-state index >= 15 is 0 Å². The number of rotatable bonds is 9. The van der Waals surface area contributed by atoms with Gasteiger partial charge in [0, 0.05) is 6.42 Å². The van der Waals surface area contributed by atoms with Crippen LogP contribution < -0.4 is 5.32 Å². The van der Waals surface area contributed by atoms with Gasteiger partial charge in [0.25, 0.3) is 0 Å². The molecule has 0 radical (unpaired) electrons. The summed E-state index contributed by atoms with van der Waals surface area (Å²) < 4.78 is 0. The molecule has 3 fully saturated rings. The van der Waals surface area contributed by atoms with Gasteiger partial charge in [-0.25, -0.2) is 9.97 Å². The van der Waals surface area contributed by atoms with Gasteiger partial charge in [0.2, 0.25) is 5.91 Å². The Kier molecular flexibility index (Phi) is 6.84. The van der Waals surface area contributed by atoms with Gasteiger partial charge in [-0.05, 0) is 78.5 Å². The Labute approximate surface area is 254 Å². The van der Waals surface area contributed by atoms with E-state index in [-0.39, 0.29) is 17.4 Å². The topological polar surface area (TPSA) is 107 Å². The van der Waals surface area contributed by atoms with Crippen molar-refractivity contribution in [2.75, 3.05) is 0 Å². The number of H-pyrrole nitrogens is 2. The molecule has 7 rings (SSSR count). The normalized spacial score (nSPS) is 24.3. The Balaban J connectivity index is 1.04. The lowest BCUT2D eigenvalue weighted by Crippen LogP contribution is -2.50. The lowest BCUT2D eigenvalue weighted by Gasteiger charge is -2.38. The van der Waals surface area contributed by atoms with E-state index in [4.69, 9.17) is 4.98 Å². The van der Waals surface area contributed by atoms with E-state index in [1.165, 1.54) is 12.8 Å². The van der Waals surface area contributed by atoms with Crippen molar-refractivity contribution >= 4 is 5.91 Å². The van der Waals surface area contributed by atoms with E-state index in [1.54, 1.807) is 0 Å². The van der Waals surface area contributed by atoms with Crippen LogP contribution in [0.15, 0.2) is 60.9 Å². The zero-order chi connectivity index (χ0) is 29.8. The summed E-state index contributed by atoms with van der Waals surface area (Å²) in [7, 11) is 0. The molecule has 2 aromatic carbocycles. The van der Waals surface area contributed by atoms with Gasteiger partial charge in [-0.15, -0.1) is 0 Å². The van der Waals surface area contributed by atoms with Gasteiger partial charge < -0.3 is 20.4 Å². The minimum absolute atomic E-state index is 0.0239. The molecule has 224 valence electrons. The van der Waals surface area contributed by atoms with Gasteiger partial charge in [-0.2, -0.15) is 0 Å². The van der Waals surface area contributed by atoms with Crippen LogP contribution in [0, 0.1) is 16.2 Å². The Morgan fingerprint density at radius 2 is 1.42 bits per heavy atom. The summed E-state index contributed by atoms with van der Waals surface area (Å²) >= 11 is 0. The molecule has 1 amide bonds. The van der Waals surface area contributed by atoms with Crippen molar-refractivity contribution in [3.8, 4) is 33.6 Å². The van der Waals surface area contributed by atoms with Gasteiger partial charge in [0.15, 0.2) is 0 Å². The standard InChI is InChI=1S/C36H43N5O2/c1-34(16-17-34)20-30-37-21-27(39-30)25-11-7-23(8-12-25)24-9-13-26(14-10-24)28-22-38-32(40-28)31(35(2)18-19-35)41-33(43)36(3)15-5-4-6-29(36)42/h7-14,21-22,29,31,42H,4-6,15-20H2,1-3H3,(H,37,39)(H,38,40)(H,41,43)/t29?,31-,36?/m1/s1. The summed E-state index contributed by atoms with van der Waals surface area (Å²) in [5.74, 6) is 1.80. The summed E-state index contributed by atoms with van der Waals surface area (Å²) in [5, 5.41) is 14.0. The molecule has 3 atom stereocenters. The van der Waals surface area contributed by atoms with Crippen molar-refractivity contribution in [1.82, 2.24) is 25.3 Å². The number of aromatic nitrogens is 4. The van der Waals surface area contributed by atoms with Gasteiger partial charge in [0.1, 0.15) is 11.6 Å². The average Bonchev–Trinajstić information content (AvgIpc) is 3.78. The number of aromatic amines is 2. The number of hydrogen-bond acceptors (Lipinski definition) is 4. The third-order valence-electron chi connectivity index (χ3n) is 10.6. The molecule has 3 aliphatic rings. The highest BCUT2D eigenvalue weighted by Gasteiger charge is 2.50. The summed E-state index contributed by atoms with van der Waals surface area (Å²) in [4.78, 5) is 29.9. The van der Waals surface area contributed by atoms with Gasteiger partial charge in [-0.3, -0.25) is 4.79 Å². The van der Waals surface area contributed by atoms with E-state index in [2.05, 4.69) is 82.6 Å². The van der Waals surface area contributed by atoms with Crippen LogP contribution in [-0.4, -0.2) is 37.1 Å². The van der Waals surface area contributed by atoms with Crippen LogP contribution in [0.25, 0.3) is 33.6 Å². The van der Waals surface area contributed by atoms with Crippen molar-refractivity contribution in [2.24, 2.45) is 16.2 Å². The lowest BCUT2D eigenvalue weighted by atomic mass is 9.72. The Morgan fingerprint density at radius 3 is 2.00 bits per heavy atom. The predicted molar refractivity (Wildman–Crippen MR) is 169 cm³/mol. The Morgan fingerprint density at radius 1 is 0.837 bits per heavy atom. The quantitative estimate of drug-likeness (QED) is 0.167. The van der Waals surface area contributed by atoms with E-state index in [1.807, 2.05) is 19.3 Å². The molecule has 4 N–H and O–H groups in total. The molecule has 0 saturated heterocycles. The Hall–Kier alpha value is -3.71. The number of carbonyl (C=O) groups excluding carboxylic acids is 1. The van der Waals surface area contributed by atoms with Crippen molar-refractivity contribution in [2.45, 2.75) is 90.7 Å². The fourth-order valence-electron chi connectivity index (χ4n) is 6.64. The van der Waals surface area contributed by atoms with Gasteiger partial charge in [-0.1, -0.05) is 75.2 Å². The first-order valence-corrected chi connectivity index (χ1v) is 15.9. The molecule has 2 aromatic heterocycles. The van der Waals surface area contributed by atoms with E-state index in [9.17, 15) is 9.90 Å². The number of carbonyl (C=O) groups is 1. The number of aliphatic hydroxyl groups is 1. The third-order valence-corrected chi connectivity index (χ3v) is 10.6. The number of aliphatic hydroxyl groups excluding tert-OH is 1. The van der Waals surface area contributed by atoms with Crippen molar-refractivity contribution in [3.63, 3.8) is 0 Å². The number of amides is 1. The second-order valence-corrected chi connectivity index (χ2v) is 14.3. The summed E-state index contributed by atoms with van der Waals surface area (Å²) in [6.07, 6.45) is 12.2. The highest BCUT2D eigenvalue weighted by atomic mass is 16.3. The average molecular weight is 578 g/mol. The predicted octanol–water partition coefficient (Wildman–Crippen LogP) is 7.38. The summed E-state index contributed by atoms with van der Waals surface area (Å²) in [5.41, 5.74) is 6.16. The highest BCUT2D eigenvalue weighted by Crippen LogP contribution is 2.54. The number of benzene rings is 2. The first-order valence-electron chi connectivity index (χ1n) is 15.9. The first kappa shape index (κ1) is 28.1. The molecule has 0 bridgehead atoms. The highest BCUT2D eigenvalue weighted by molar-refractivity contribution is 5.83. The zero-order valence-corrected chi connectivity index (χ0v) is 25.5. The molecule has 4 aromatic rings. The molecule has 7 heteroatoms. The van der Waals surface area contributed by atoms with Crippen LogP contribution in [0.2, 0.25) is 0 Å². The Bertz CT molecular complexity index is 1610. The largest absolute Gasteiger partial charge is 0.392 e. The molecule has 0 spiro atoms. The number of nitrogens with one attached hydrogen (secondary N) is 3. The van der Waals surface area contributed by atoms with Crippen LogP contribution in [-0.2, 0) is 11.2 Å². The van der Waals surface area contributed by atoms with Crippen LogP contribution in [0.1, 0.15) is 89.8 Å². The molecular formula is C36H43N5O2. The minimum Gasteiger partial charge on any atom is -0.392 e. The molecular weight excluding hydrogens is 534 g/mol. The number of nitrogens with zero attached hydrogens (tertiary/aromatic N) is 2. The second-order valence-electron chi connectivity index (χ2n) is 14.3. The SMILES string of the molecule is CC1(Cc2ncc(-c3ccc(-c4ccc(-c5cnc([C@@H](NC(=O)C6(C)CCCCC6O)C6(C)CC6)[nH]5)cc4)cc3)[nH]2)CC1.